The summed E-state index contributed by atoms with van der Waals surface area (Å²) in [4.78, 5) is 22.4. The van der Waals surface area contributed by atoms with Crippen LogP contribution in [-0.4, -0.2) is 15.7 Å². The highest BCUT2D eigenvalue weighted by molar-refractivity contribution is 6.32. The maximum absolute atomic E-state index is 11.6. The summed E-state index contributed by atoms with van der Waals surface area (Å²) in [5, 5.41) is 6.94. The molecule has 0 spiro atoms. The van der Waals surface area contributed by atoms with E-state index >= 15 is 0 Å². The van der Waals surface area contributed by atoms with Crippen molar-refractivity contribution in [1.82, 2.24) is 15.1 Å². The fraction of sp³-hybridized carbons (Fsp3) is 0.214. The van der Waals surface area contributed by atoms with Crippen LogP contribution < -0.4 is 10.9 Å². The van der Waals surface area contributed by atoms with Crippen LogP contribution in [0.4, 0.5) is 0 Å². The molecule has 0 aliphatic rings. The number of hydrogen-bond donors (Lipinski definition) is 1. The van der Waals surface area contributed by atoms with Crippen LogP contribution in [0.5, 0.6) is 0 Å². The van der Waals surface area contributed by atoms with Crippen LogP contribution in [0.3, 0.4) is 0 Å². The van der Waals surface area contributed by atoms with E-state index < -0.39 is 0 Å². The van der Waals surface area contributed by atoms with Crippen molar-refractivity contribution in [2.75, 3.05) is 0 Å². The first-order valence-electron chi connectivity index (χ1n) is 6.05. The van der Waals surface area contributed by atoms with Crippen LogP contribution in [0.25, 0.3) is 11.1 Å². The van der Waals surface area contributed by atoms with Gasteiger partial charge in [-0.1, -0.05) is 35.9 Å². The zero-order valence-electron chi connectivity index (χ0n) is 11.2. The third kappa shape index (κ3) is 3.24. The number of nitrogens with zero attached hydrogens (tertiary/aromatic N) is 2. The molecule has 20 heavy (non-hydrogen) atoms. The van der Waals surface area contributed by atoms with E-state index in [1.54, 1.807) is 7.05 Å². The summed E-state index contributed by atoms with van der Waals surface area (Å²) >= 11 is 6.05. The molecule has 5 nitrogen and oxygen atoms in total. The molecule has 1 aromatic carbocycles. The maximum atomic E-state index is 11.6. The van der Waals surface area contributed by atoms with Crippen LogP contribution in [0.1, 0.15) is 12.5 Å². The van der Waals surface area contributed by atoms with E-state index in [0.29, 0.717) is 12.1 Å². The normalized spacial score (nSPS) is 10.3. The number of rotatable bonds is 3. The maximum Gasteiger partial charge on any atom is 0.267 e. The Bertz CT molecular complexity index is 693. The Balaban J connectivity index is 2.28. The lowest BCUT2D eigenvalue weighted by molar-refractivity contribution is -0.119. The monoisotopic (exact) mass is 291 g/mol. The van der Waals surface area contributed by atoms with E-state index in [4.69, 9.17) is 11.6 Å². The van der Waals surface area contributed by atoms with Gasteiger partial charge in [-0.2, -0.15) is 5.10 Å². The fourth-order valence-corrected chi connectivity index (χ4v) is 2.02. The number of aromatic nitrogens is 2. The highest BCUT2D eigenvalue weighted by atomic mass is 35.5. The first kappa shape index (κ1) is 14.3. The van der Waals surface area contributed by atoms with Gasteiger partial charge in [-0.15, -0.1) is 0 Å². The van der Waals surface area contributed by atoms with Crippen molar-refractivity contribution >= 4 is 17.5 Å². The number of nitrogens with one attached hydrogen (secondary N) is 1. The molecule has 0 atom stereocenters. The van der Waals surface area contributed by atoms with Crippen LogP contribution in [-0.2, 0) is 18.4 Å². The van der Waals surface area contributed by atoms with Gasteiger partial charge in [0.15, 0.2) is 5.15 Å². The molecule has 104 valence electrons. The molecule has 1 N–H and O–H groups in total. The third-order valence-electron chi connectivity index (χ3n) is 2.85. The highest BCUT2D eigenvalue weighted by Gasteiger charge is 2.07. The standard InChI is InChI=1S/C14H14ClN3O2/c1-9(19)16-8-10-3-5-11(6-4-10)12-7-13(20)18(2)17-14(12)15/h3-7H,8H2,1-2H3,(H,16,19). The van der Waals surface area contributed by atoms with Crippen LogP contribution in [0.2, 0.25) is 5.15 Å². The second-order valence-electron chi connectivity index (χ2n) is 4.42. The minimum atomic E-state index is -0.216. The van der Waals surface area contributed by atoms with E-state index in [-0.39, 0.29) is 16.6 Å². The predicted molar refractivity (Wildman–Crippen MR) is 77.4 cm³/mol. The first-order chi connectivity index (χ1) is 9.47. The number of aryl methyl sites for hydroxylation is 1. The van der Waals surface area contributed by atoms with Gasteiger partial charge >= 0.3 is 0 Å². The van der Waals surface area contributed by atoms with E-state index in [1.807, 2.05) is 24.3 Å². The molecule has 0 aliphatic heterocycles. The van der Waals surface area contributed by atoms with Crippen molar-refractivity contribution < 1.29 is 4.79 Å². The molecule has 0 fully saturated rings. The van der Waals surface area contributed by atoms with Crippen molar-refractivity contribution in [3.63, 3.8) is 0 Å². The molecular weight excluding hydrogens is 278 g/mol. The average Bonchev–Trinajstić information content (AvgIpc) is 2.41. The molecule has 0 aliphatic carbocycles. The SMILES string of the molecule is CC(=O)NCc1ccc(-c2cc(=O)n(C)nc2Cl)cc1. The van der Waals surface area contributed by atoms with Gasteiger partial charge in [-0.25, -0.2) is 4.68 Å². The van der Waals surface area contributed by atoms with Gasteiger partial charge in [0, 0.05) is 32.1 Å². The molecule has 1 heterocycles. The summed E-state index contributed by atoms with van der Waals surface area (Å²) in [6.07, 6.45) is 0. The Kier molecular flexibility index (Phi) is 4.20. The zero-order valence-corrected chi connectivity index (χ0v) is 11.9. The molecule has 0 saturated carbocycles. The van der Waals surface area contributed by atoms with Gasteiger partial charge in [0.1, 0.15) is 0 Å². The van der Waals surface area contributed by atoms with Crippen LogP contribution in [0.15, 0.2) is 35.1 Å². The van der Waals surface area contributed by atoms with Crippen molar-refractivity contribution in [3.8, 4) is 11.1 Å². The molecule has 0 radical (unpaired) electrons. The second kappa shape index (κ2) is 5.88. The lowest BCUT2D eigenvalue weighted by Gasteiger charge is -2.07. The van der Waals surface area contributed by atoms with E-state index in [2.05, 4.69) is 10.4 Å². The lowest BCUT2D eigenvalue weighted by Crippen LogP contribution is -2.19. The van der Waals surface area contributed by atoms with E-state index in [9.17, 15) is 9.59 Å². The van der Waals surface area contributed by atoms with E-state index in [0.717, 1.165) is 11.1 Å². The van der Waals surface area contributed by atoms with Gasteiger partial charge in [0.25, 0.3) is 5.56 Å². The summed E-state index contributed by atoms with van der Waals surface area (Å²) in [6.45, 7) is 1.94. The highest BCUT2D eigenvalue weighted by Crippen LogP contribution is 2.24. The molecule has 6 heteroatoms. The minimum Gasteiger partial charge on any atom is -0.352 e. The second-order valence-corrected chi connectivity index (χ2v) is 4.78. The topological polar surface area (TPSA) is 64.0 Å². The van der Waals surface area contributed by atoms with Crippen molar-refractivity contribution in [2.45, 2.75) is 13.5 Å². The Morgan fingerprint density at radius 2 is 2.00 bits per heavy atom. The quantitative estimate of drug-likeness (QED) is 0.937. The van der Waals surface area contributed by atoms with Crippen molar-refractivity contribution in [3.05, 3.63) is 51.4 Å². The Morgan fingerprint density at radius 1 is 1.35 bits per heavy atom. The molecule has 0 saturated heterocycles. The van der Waals surface area contributed by atoms with Gasteiger partial charge < -0.3 is 5.32 Å². The van der Waals surface area contributed by atoms with Gasteiger partial charge in [-0.3, -0.25) is 9.59 Å². The molecule has 0 unspecified atom stereocenters. The number of amides is 1. The van der Waals surface area contributed by atoms with Gasteiger partial charge in [0.2, 0.25) is 5.91 Å². The molecule has 1 aromatic heterocycles. The Morgan fingerprint density at radius 3 is 2.60 bits per heavy atom. The molecule has 0 bridgehead atoms. The summed E-state index contributed by atoms with van der Waals surface area (Å²) < 4.78 is 1.19. The summed E-state index contributed by atoms with van der Waals surface area (Å²) in [5.41, 5.74) is 2.16. The zero-order chi connectivity index (χ0) is 14.7. The van der Waals surface area contributed by atoms with Crippen molar-refractivity contribution in [1.29, 1.82) is 0 Å². The molecule has 1 amide bonds. The Labute approximate surface area is 121 Å². The van der Waals surface area contributed by atoms with E-state index in [1.165, 1.54) is 17.7 Å². The smallest absolute Gasteiger partial charge is 0.267 e. The Hall–Kier alpha value is -2.14. The first-order valence-corrected chi connectivity index (χ1v) is 6.43. The molecule has 2 rings (SSSR count). The van der Waals surface area contributed by atoms with Crippen molar-refractivity contribution in [2.24, 2.45) is 7.05 Å². The summed E-state index contributed by atoms with van der Waals surface area (Å²) in [7, 11) is 1.55. The average molecular weight is 292 g/mol. The summed E-state index contributed by atoms with van der Waals surface area (Å²) in [6, 6.07) is 8.90. The molecular formula is C14H14ClN3O2. The summed E-state index contributed by atoms with van der Waals surface area (Å²) in [5.74, 6) is -0.0760. The molecule has 2 aromatic rings. The minimum absolute atomic E-state index is 0.0760. The predicted octanol–water partition coefficient (Wildman–Crippen LogP) is 1.74. The number of halogens is 1. The van der Waals surface area contributed by atoms with Crippen LogP contribution in [0, 0.1) is 0 Å². The number of carbonyl (C=O) groups is 1. The number of benzene rings is 1. The number of carbonyl (C=O) groups excluding carboxylic acids is 1. The third-order valence-corrected chi connectivity index (χ3v) is 3.13. The van der Waals surface area contributed by atoms with Gasteiger partial charge in [0.05, 0.1) is 0 Å². The largest absolute Gasteiger partial charge is 0.352 e. The van der Waals surface area contributed by atoms with Crippen LogP contribution >= 0.6 is 11.6 Å². The lowest BCUT2D eigenvalue weighted by atomic mass is 10.1. The van der Waals surface area contributed by atoms with Gasteiger partial charge in [-0.05, 0) is 11.1 Å². The number of hydrogen-bond acceptors (Lipinski definition) is 3. The fourth-order valence-electron chi connectivity index (χ4n) is 1.74.